The molecule has 24 heavy (non-hydrogen) atoms. The highest BCUT2D eigenvalue weighted by Crippen LogP contribution is 2.35. The molecular formula is C17H17BrFN3O2. The number of halogens is 2. The van der Waals surface area contributed by atoms with Gasteiger partial charge in [0.1, 0.15) is 5.82 Å². The fourth-order valence-electron chi connectivity index (χ4n) is 3.73. The molecule has 2 heterocycles. The number of imidazole rings is 1. The minimum absolute atomic E-state index is 0.0681. The lowest BCUT2D eigenvalue weighted by Crippen LogP contribution is -2.25. The Morgan fingerprint density at radius 2 is 2.17 bits per heavy atom. The predicted molar refractivity (Wildman–Crippen MR) is 93.8 cm³/mol. The second-order valence-corrected chi connectivity index (χ2v) is 7.17. The van der Waals surface area contributed by atoms with Gasteiger partial charge in [0.2, 0.25) is 0 Å². The van der Waals surface area contributed by atoms with Crippen molar-refractivity contribution < 1.29 is 9.13 Å². The Labute approximate surface area is 146 Å². The van der Waals surface area contributed by atoms with Gasteiger partial charge in [-0.1, -0.05) is 0 Å². The summed E-state index contributed by atoms with van der Waals surface area (Å²) in [5.41, 5.74) is 2.05. The van der Waals surface area contributed by atoms with Gasteiger partial charge in [0, 0.05) is 31.7 Å². The van der Waals surface area contributed by atoms with E-state index in [1.807, 2.05) is 4.57 Å². The lowest BCUT2D eigenvalue weighted by Gasteiger charge is -2.13. The summed E-state index contributed by atoms with van der Waals surface area (Å²) >= 11 is 3.24. The van der Waals surface area contributed by atoms with Crippen LogP contribution in [0.1, 0.15) is 25.3 Å². The van der Waals surface area contributed by atoms with Crippen molar-refractivity contribution >= 4 is 37.9 Å². The monoisotopic (exact) mass is 393 g/mol. The van der Waals surface area contributed by atoms with Gasteiger partial charge in [-0.2, -0.15) is 0 Å². The highest BCUT2D eigenvalue weighted by atomic mass is 79.9. The summed E-state index contributed by atoms with van der Waals surface area (Å²) < 4.78 is 23.1. The third-order valence-corrected chi connectivity index (χ3v) is 5.62. The van der Waals surface area contributed by atoms with E-state index in [0.29, 0.717) is 9.99 Å². The standard InChI is InChI=1S/C17H17BrFN3O2/c1-21-15-8-20-14-7-13(19)12(18)6-11(14)16(15)22(17(21)23)9-3-4-10(5-9)24-2/h6-10H,3-5H2,1-2H3/t9-,10+/m0/s1. The number of hydrogen-bond acceptors (Lipinski definition) is 3. The molecule has 2 aromatic heterocycles. The van der Waals surface area contributed by atoms with Crippen LogP contribution >= 0.6 is 15.9 Å². The minimum Gasteiger partial charge on any atom is -0.381 e. The molecule has 2 atom stereocenters. The maximum absolute atomic E-state index is 13.9. The zero-order chi connectivity index (χ0) is 17.0. The minimum atomic E-state index is -0.362. The van der Waals surface area contributed by atoms with Crippen LogP contribution in [0.25, 0.3) is 21.9 Å². The molecule has 4 rings (SSSR count). The molecule has 1 fully saturated rings. The molecular weight excluding hydrogens is 377 g/mol. The molecule has 1 aliphatic rings. The fourth-order valence-corrected chi connectivity index (χ4v) is 4.07. The second-order valence-electron chi connectivity index (χ2n) is 6.31. The largest absolute Gasteiger partial charge is 0.381 e. The Morgan fingerprint density at radius 1 is 1.38 bits per heavy atom. The number of pyridine rings is 1. The first-order chi connectivity index (χ1) is 11.5. The van der Waals surface area contributed by atoms with Crippen molar-refractivity contribution in [2.24, 2.45) is 7.05 Å². The van der Waals surface area contributed by atoms with E-state index in [-0.39, 0.29) is 23.7 Å². The van der Waals surface area contributed by atoms with Gasteiger partial charge in [0.15, 0.2) is 0 Å². The van der Waals surface area contributed by atoms with E-state index in [4.69, 9.17) is 4.74 Å². The summed E-state index contributed by atoms with van der Waals surface area (Å²) in [6, 6.07) is 3.19. The molecule has 126 valence electrons. The third kappa shape index (κ3) is 2.22. The molecule has 0 bridgehead atoms. The smallest absolute Gasteiger partial charge is 0.329 e. The SMILES string of the molecule is CO[C@@H]1CC[C@H](n2c(=O)n(C)c3cnc4cc(F)c(Br)cc4c32)C1. The van der Waals surface area contributed by atoms with Crippen LogP contribution in [-0.2, 0) is 11.8 Å². The van der Waals surface area contributed by atoms with E-state index in [9.17, 15) is 9.18 Å². The molecule has 3 aromatic rings. The van der Waals surface area contributed by atoms with Crippen molar-refractivity contribution in [1.82, 2.24) is 14.1 Å². The van der Waals surface area contributed by atoms with E-state index >= 15 is 0 Å². The van der Waals surface area contributed by atoms with Gasteiger partial charge in [0.05, 0.1) is 33.3 Å². The van der Waals surface area contributed by atoms with Crippen LogP contribution in [0.3, 0.4) is 0 Å². The topological polar surface area (TPSA) is 49.0 Å². The summed E-state index contributed by atoms with van der Waals surface area (Å²) in [6.07, 6.45) is 4.46. The lowest BCUT2D eigenvalue weighted by molar-refractivity contribution is 0.106. The maximum atomic E-state index is 13.9. The number of ether oxygens (including phenoxy) is 1. The van der Waals surface area contributed by atoms with E-state index in [1.165, 1.54) is 6.07 Å². The van der Waals surface area contributed by atoms with Gasteiger partial charge in [0.25, 0.3) is 0 Å². The highest BCUT2D eigenvalue weighted by Gasteiger charge is 2.29. The molecule has 0 aliphatic heterocycles. The van der Waals surface area contributed by atoms with E-state index in [2.05, 4.69) is 20.9 Å². The lowest BCUT2D eigenvalue weighted by atomic mass is 10.1. The number of aryl methyl sites for hydroxylation is 1. The van der Waals surface area contributed by atoms with E-state index in [1.54, 1.807) is 31.0 Å². The van der Waals surface area contributed by atoms with Gasteiger partial charge in [-0.15, -0.1) is 0 Å². The van der Waals surface area contributed by atoms with Crippen molar-refractivity contribution in [3.8, 4) is 0 Å². The normalized spacial score (nSPS) is 21.2. The van der Waals surface area contributed by atoms with Crippen LogP contribution in [0.2, 0.25) is 0 Å². The Hall–Kier alpha value is -1.73. The summed E-state index contributed by atoms with van der Waals surface area (Å²) in [5.74, 6) is -0.362. The summed E-state index contributed by atoms with van der Waals surface area (Å²) in [7, 11) is 3.45. The quantitative estimate of drug-likeness (QED) is 0.668. The number of methoxy groups -OCH3 is 1. The summed E-state index contributed by atoms with van der Waals surface area (Å²) in [5, 5.41) is 0.777. The number of benzene rings is 1. The Kier molecular flexibility index (Phi) is 3.73. The van der Waals surface area contributed by atoms with E-state index in [0.717, 1.165) is 35.7 Å². The van der Waals surface area contributed by atoms with Crippen molar-refractivity contribution in [3.63, 3.8) is 0 Å². The van der Waals surface area contributed by atoms with Crippen LogP contribution in [0, 0.1) is 5.82 Å². The molecule has 5 nitrogen and oxygen atoms in total. The van der Waals surface area contributed by atoms with Gasteiger partial charge in [-0.05, 0) is 41.3 Å². The zero-order valence-corrected chi connectivity index (χ0v) is 15.0. The van der Waals surface area contributed by atoms with Crippen LogP contribution in [0.5, 0.6) is 0 Å². The molecule has 0 saturated heterocycles. The average Bonchev–Trinajstić information content (AvgIpc) is 3.13. The number of aromatic nitrogens is 3. The number of nitrogens with zero attached hydrogens (tertiary/aromatic N) is 3. The number of hydrogen-bond donors (Lipinski definition) is 0. The van der Waals surface area contributed by atoms with E-state index < -0.39 is 0 Å². The van der Waals surface area contributed by atoms with Crippen LogP contribution < -0.4 is 5.69 Å². The van der Waals surface area contributed by atoms with Crippen LogP contribution in [0.15, 0.2) is 27.6 Å². The summed E-state index contributed by atoms with van der Waals surface area (Å²) in [6.45, 7) is 0. The third-order valence-electron chi connectivity index (χ3n) is 5.01. The van der Waals surface area contributed by atoms with Crippen LogP contribution in [-0.4, -0.2) is 27.3 Å². The molecule has 1 aliphatic carbocycles. The Morgan fingerprint density at radius 3 is 2.88 bits per heavy atom. The highest BCUT2D eigenvalue weighted by molar-refractivity contribution is 9.10. The van der Waals surface area contributed by atoms with Gasteiger partial charge < -0.3 is 4.74 Å². The molecule has 0 spiro atoms. The van der Waals surface area contributed by atoms with Crippen LogP contribution in [0.4, 0.5) is 4.39 Å². The van der Waals surface area contributed by atoms with Gasteiger partial charge in [-0.3, -0.25) is 14.1 Å². The zero-order valence-electron chi connectivity index (χ0n) is 13.4. The maximum Gasteiger partial charge on any atom is 0.329 e. The molecule has 0 unspecified atom stereocenters. The van der Waals surface area contributed by atoms with Crippen molar-refractivity contribution in [2.45, 2.75) is 31.4 Å². The first kappa shape index (κ1) is 15.8. The van der Waals surface area contributed by atoms with Crippen molar-refractivity contribution in [2.75, 3.05) is 7.11 Å². The number of fused-ring (bicyclic) bond motifs is 3. The first-order valence-corrected chi connectivity index (χ1v) is 8.68. The Balaban J connectivity index is 2.05. The second kappa shape index (κ2) is 5.67. The van der Waals surface area contributed by atoms with Crippen molar-refractivity contribution in [3.05, 3.63) is 39.1 Å². The average molecular weight is 394 g/mol. The molecule has 0 radical (unpaired) electrons. The molecule has 1 aromatic carbocycles. The molecule has 0 amide bonds. The molecule has 1 saturated carbocycles. The van der Waals surface area contributed by atoms with Gasteiger partial charge in [-0.25, -0.2) is 9.18 Å². The van der Waals surface area contributed by atoms with Crippen molar-refractivity contribution in [1.29, 1.82) is 0 Å². The first-order valence-electron chi connectivity index (χ1n) is 7.88. The fraction of sp³-hybridized carbons (Fsp3) is 0.412. The predicted octanol–water partition coefficient (Wildman–Crippen LogP) is 3.53. The van der Waals surface area contributed by atoms with Gasteiger partial charge >= 0.3 is 5.69 Å². The molecule has 7 heteroatoms. The summed E-state index contributed by atoms with van der Waals surface area (Å²) in [4.78, 5) is 17.2. The Bertz CT molecular complexity index is 1010. The molecule has 0 N–H and O–H groups in total. The number of rotatable bonds is 2.